The molecule has 0 N–H and O–H groups in total. The maximum Gasteiger partial charge on any atom is 0.225 e. The second kappa shape index (κ2) is 6.80. The molecule has 1 aromatic carbocycles. The van der Waals surface area contributed by atoms with Crippen molar-refractivity contribution in [3.05, 3.63) is 36.4 Å². The van der Waals surface area contributed by atoms with Crippen molar-refractivity contribution in [2.75, 3.05) is 31.1 Å². The smallest absolute Gasteiger partial charge is 0.225 e. The Bertz CT molecular complexity index is 716. The van der Waals surface area contributed by atoms with Crippen LogP contribution in [0.3, 0.4) is 0 Å². The molecule has 2 heterocycles. The molecule has 2 aromatic rings. The summed E-state index contributed by atoms with van der Waals surface area (Å²) in [5.41, 5.74) is 1.04. The Kier molecular flexibility index (Phi) is 4.37. The van der Waals surface area contributed by atoms with Crippen LogP contribution in [0.4, 0.5) is 5.82 Å². The Hall–Kier alpha value is -2.10. The third-order valence-corrected chi connectivity index (χ3v) is 5.45. The van der Waals surface area contributed by atoms with Gasteiger partial charge in [-0.15, -0.1) is 0 Å². The Balaban J connectivity index is 1.40. The van der Waals surface area contributed by atoms with Crippen molar-refractivity contribution in [2.24, 2.45) is 5.92 Å². The second-order valence-corrected chi connectivity index (χ2v) is 7.01. The summed E-state index contributed by atoms with van der Waals surface area (Å²) < 4.78 is 0. The topological polar surface area (TPSA) is 36.4 Å². The van der Waals surface area contributed by atoms with E-state index in [1.54, 1.807) is 0 Å². The molecule has 2 aliphatic rings. The summed E-state index contributed by atoms with van der Waals surface area (Å²) in [4.78, 5) is 21.8. The minimum atomic E-state index is 0.282. The van der Waals surface area contributed by atoms with E-state index in [1.165, 1.54) is 24.6 Å². The zero-order chi connectivity index (χ0) is 16.4. The van der Waals surface area contributed by atoms with E-state index in [0.29, 0.717) is 5.91 Å². The Labute approximate surface area is 143 Å². The van der Waals surface area contributed by atoms with Crippen LogP contribution >= 0.6 is 0 Å². The van der Waals surface area contributed by atoms with E-state index in [9.17, 15) is 4.79 Å². The highest BCUT2D eigenvalue weighted by Gasteiger charge is 2.28. The molecule has 24 heavy (non-hydrogen) atoms. The van der Waals surface area contributed by atoms with Crippen LogP contribution in [0.15, 0.2) is 36.4 Å². The first kappa shape index (κ1) is 15.4. The van der Waals surface area contributed by atoms with Crippen molar-refractivity contribution < 1.29 is 4.79 Å². The van der Waals surface area contributed by atoms with Crippen LogP contribution < -0.4 is 4.90 Å². The van der Waals surface area contributed by atoms with Crippen LogP contribution in [0.1, 0.15) is 32.1 Å². The summed E-state index contributed by atoms with van der Waals surface area (Å²) in [6.45, 7) is 3.40. The number of piperazine rings is 1. The van der Waals surface area contributed by atoms with Crippen LogP contribution in [0, 0.1) is 5.92 Å². The van der Waals surface area contributed by atoms with E-state index in [1.807, 2.05) is 12.1 Å². The van der Waals surface area contributed by atoms with Crippen LogP contribution in [-0.4, -0.2) is 42.0 Å². The summed E-state index contributed by atoms with van der Waals surface area (Å²) in [5, 5.41) is 1.17. The molecule has 1 aromatic heterocycles. The van der Waals surface area contributed by atoms with Crippen molar-refractivity contribution in [3.63, 3.8) is 0 Å². The summed E-state index contributed by atoms with van der Waals surface area (Å²) in [7, 11) is 0. The van der Waals surface area contributed by atoms with E-state index < -0.39 is 0 Å². The van der Waals surface area contributed by atoms with Gasteiger partial charge < -0.3 is 9.80 Å². The minimum absolute atomic E-state index is 0.282. The number of anilines is 1. The maximum absolute atomic E-state index is 12.7. The fourth-order valence-corrected chi connectivity index (χ4v) is 4.00. The molecule has 0 radical (unpaired) electrons. The van der Waals surface area contributed by atoms with Crippen molar-refractivity contribution in [1.29, 1.82) is 0 Å². The molecule has 0 atom stereocenters. The summed E-state index contributed by atoms with van der Waals surface area (Å²) in [6, 6.07) is 12.5. The molecule has 1 aliphatic carbocycles. The number of rotatable bonds is 2. The SMILES string of the molecule is O=C(C1CCCCC1)N1CCN(c2ccc3ccccc3n2)CC1. The van der Waals surface area contributed by atoms with Gasteiger partial charge in [-0.1, -0.05) is 37.5 Å². The lowest BCUT2D eigenvalue weighted by molar-refractivity contribution is -0.136. The lowest BCUT2D eigenvalue weighted by Gasteiger charge is -2.37. The number of carbonyl (C=O) groups excluding carboxylic acids is 1. The minimum Gasteiger partial charge on any atom is -0.353 e. The first-order valence-electron chi connectivity index (χ1n) is 9.21. The molecule has 126 valence electrons. The fraction of sp³-hybridized carbons (Fsp3) is 0.500. The number of aromatic nitrogens is 1. The molecule has 1 amide bonds. The Morgan fingerprint density at radius 1 is 0.917 bits per heavy atom. The standard InChI is InChI=1S/C20H25N3O/c24-20(17-7-2-1-3-8-17)23-14-12-22(13-15-23)19-11-10-16-6-4-5-9-18(16)21-19/h4-6,9-11,17H,1-3,7-8,12-15H2. The molecule has 0 bridgehead atoms. The Morgan fingerprint density at radius 3 is 2.46 bits per heavy atom. The third kappa shape index (κ3) is 3.10. The fourth-order valence-electron chi connectivity index (χ4n) is 4.00. The molecule has 0 unspecified atom stereocenters. The molecule has 1 saturated heterocycles. The lowest BCUT2D eigenvalue weighted by atomic mass is 9.88. The number of hydrogen-bond donors (Lipinski definition) is 0. The molecular formula is C20H25N3O. The van der Waals surface area contributed by atoms with Crippen molar-refractivity contribution in [1.82, 2.24) is 9.88 Å². The highest BCUT2D eigenvalue weighted by molar-refractivity contribution is 5.81. The maximum atomic E-state index is 12.7. The average Bonchev–Trinajstić information content (AvgIpc) is 2.68. The quantitative estimate of drug-likeness (QED) is 0.849. The van der Waals surface area contributed by atoms with Gasteiger partial charge in [0.25, 0.3) is 0 Å². The van der Waals surface area contributed by atoms with Gasteiger partial charge >= 0.3 is 0 Å². The first-order chi connectivity index (χ1) is 11.8. The lowest BCUT2D eigenvalue weighted by Crippen LogP contribution is -2.50. The largest absolute Gasteiger partial charge is 0.353 e. The zero-order valence-electron chi connectivity index (χ0n) is 14.2. The summed E-state index contributed by atoms with van der Waals surface area (Å²) in [6.07, 6.45) is 5.91. The van der Waals surface area contributed by atoms with Crippen LogP contribution in [0.25, 0.3) is 10.9 Å². The van der Waals surface area contributed by atoms with Gasteiger partial charge in [0.2, 0.25) is 5.91 Å². The van der Waals surface area contributed by atoms with Crippen molar-refractivity contribution >= 4 is 22.6 Å². The number of hydrogen-bond acceptors (Lipinski definition) is 3. The van der Waals surface area contributed by atoms with E-state index in [4.69, 9.17) is 4.98 Å². The van der Waals surface area contributed by atoms with Gasteiger partial charge in [-0.2, -0.15) is 0 Å². The zero-order valence-corrected chi connectivity index (χ0v) is 14.2. The normalized spacial score (nSPS) is 19.7. The van der Waals surface area contributed by atoms with E-state index in [0.717, 1.165) is 50.4 Å². The number of nitrogens with zero attached hydrogens (tertiary/aromatic N) is 3. The van der Waals surface area contributed by atoms with Crippen LogP contribution in [-0.2, 0) is 4.79 Å². The molecule has 4 nitrogen and oxygen atoms in total. The highest BCUT2D eigenvalue weighted by Crippen LogP contribution is 2.26. The van der Waals surface area contributed by atoms with E-state index in [2.05, 4.69) is 34.1 Å². The number of para-hydroxylation sites is 1. The van der Waals surface area contributed by atoms with E-state index >= 15 is 0 Å². The monoisotopic (exact) mass is 323 g/mol. The van der Waals surface area contributed by atoms with Gasteiger partial charge in [0.1, 0.15) is 5.82 Å². The number of benzene rings is 1. The number of pyridine rings is 1. The predicted octanol–water partition coefficient (Wildman–Crippen LogP) is 3.46. The molecule has 1 aliphatic heterocycles. The number of carbonyl (C=O) groups is 1. The molecule has 0 spiro atoms. The summed E-state index contributed by atoms with van der Waals surface area (Å²) in [5.74, 6) is 1.70. The van der Waals surface area contributed by atoms with Gasteiger partial charge in [0, 0.05) is 37.5 Å². The van der Waals surface area contributed by atoms with E-state index in [-0.39, 0.29) is 5.92 Å². The van der Waals surface area contributed by atoms with Gasteiger partial charge in [-0.05, 0) is 31.0 Å². The Morgan fingerprint density at radius 2 is 1.67 bits per heavy atom. The molecule has 4 rings (SSSR count). The predicted molar refractivity (Wildman–Crippen MR) is 97.1 cm³/mol. The highest BCUT2D eigenvalue weighted by atomic mass is 16.2. The van der Waals surface area contributed by atoms with Crippen LogP contribution in [0.5, 0.6) is 0 Å². The van der Waals surface area contributed by atoms with Crippen LogP contribution in [0.2, 0.25) is 0 Å². The molecule has 4 heteroatoms. The molecular weight excluding hydrogens is 298 g/mol. The van der Waals surface area contributed by atoms with Gasteiger partial charge in [-0.25, -0.2) is 4.98 Å². The summed E-state index contributed by atoms with van der Waals surface area (Å²) >= 11 is 0. The van der Waals surface area contributed by atoms with Crippen molar-refractivity contribution in [2.45, 2.75) is 32.1 Å². The second-order valence-electron chi connectivity index (χ2n) is 7.01. The number of fused-ring (bicyclic) bond motifs is 1. The molecule has 1 saturated carbocycles. The molecule has 2 fully saturated rings. The number of amides is 1. The van der Waals surface area contributed by atoms with Crippen molar-refractivity contribution in [3.8, 4) is 0 Å². The third-order valence-electron chi connectivity index (χ3n) is 5.45. The first-order valence-corrected chi connectivity index (χ1v) is 9.21. The average molecular weight is 323 g/mol. The van der Waals surface area contributed by atoms with Gasteiger partial charge in [0.15, 0.2) is 0 Å². The van der Waals surface area contributed by atoms with Gasteiger partial charge in [-0.3, -0.25) is 4.79 Å². The van der Waals surface area contributed by atoms with Gasteiger partial charge in [0.05, 0.1) is 5.52 Å².